The number of aromatic nitrogens is 2. The van der Waals surface area contributed by atoms with Crippen molar-refractivity contribution in [1.82, 2.24) is 9.97 Å². The predicted molar refractivity (Wildman–Crippen MR) is 88.2 cm³/mol. The van der Waals surface area contributed by atoms with Crippen LogP contribution >= 0.6 is 11.3 Å². The Hall–Kier alpha value is -2.14. The fraction of sp³-hybridized carbons (Fsp3) is 0.250. The minimum absolute atomic E-state index is 0.680. The van der Waals surface area contributed by atoms with Crippen LogP contribution in [0.4, 0.5) is 11.8 Å². The fourth-order valence-corrected chi connectivity index (χ4v) is 3.73. The molecule has 0 bridgehead atoms. The summed E-state index contributed by atoms with van der Waals surface area (Å²) in [6, 6.07) is 10.4. The van der Waals surface area contributed by atoms with E-state index in [9.17, 15) is 0 Å². The van der Waals surface area contributed by atoms with Crippen molar-refractivity contribution in [1.29, 1.82) is 0 Å². The van der Waals surface area contributed by atoms with Crippen LogP contribution in [0, 0.1) is 0 Å². The van der Waals surface area contributed by atoms with E-state index in [1.54, 1.807) is 0 Å². The van der Waals surface area contributed by atoms with Crippen LogP contribution in [0.1, 0.15) is 10.4 Å². The third-order valence-electron chi connectivity index (χ3n) is 3.91. The molecule has 3 heterocycles. The van der Waals surface area contributed by atoms with Crippen molar-refractivity contribution in [2.45, 2.75) is 13.0 Å². The van der Waals surface area contributed by atoms with Crippen molar-refractivity contribution in [3.8, 4) is 0 Å². The summed E-state index contributed by atoms with van der Waals surface area (Å²) in [7, 11) is 1.86. The summed E-state index contributed by atoms with van der Waals surface area (Å²) in [5, 5.41) is 6.37. The Bertz CT molecular complexity index is 796. The number of hydrogen-bond acceptors (Lipinski definition) is 5. The molecule has 0 radical (unpaired) electrons. The van der Waals surface area contributed by atoms with Gasteiger partial charge in [-0.15, -0.1) is 11.3 Å². The molecule has 0 unspecified atom stereocenters. The molecule has 0 spiro atoms. The molecular formula is C16H16N4S. The number of fused-ring (bicyclic) bond motifs is 2. The van der Waals surface area contributed by atoms with Crippen molar-refractivity contribution in [2.75, 3.05) is 23.8 Å². The summed E-state index contributed by atoms with van der Waals surface area (Å²) in [5.41, 5.74) is 2.42. The molecule has 0 aliphatic carbocycles. The van der Waals surface area contributed by atoms with Crippen molar-refractivity contribution >= 4 is 34.0 Å². The topological polar surface area (TPSA) is 41.1 Å². The van der Waals surface area contributed by atoms with Crippen LogP contribution in [0.5, 0.6) is 0 Å². The van der Waals surface area contributed by atoms with Crippen molar-refractivity contribution < 1.29 is 0 Å². The molecule has 5 heteroatoms. The van der Waals surface area contributed by atoms with Crippen LogP contribution in [0.15, 0.2) is 35.7 Å². The summed E-state index contributed by atoms with van der Waals surface area (Å²) < 4.78 is 0. The molecule has 4 nitrogen and oxygen atoms in total. The first-order chi connectivity index (χ1) is 10.3. The Balaban J connectivity index is 1.83. The number of hydrogen-bond donors (Lipinski definition) is 1. The highest BCUT2D eigenvalue weighted by Gasteiger charge is 2.20. The van der Waals surface area contributed by atoms with Gasteiger partial charge in [-0.3, -0.25) is 0 Å². The Morgan fingerprint density at radius 3 is 3.00 bits per heavy atom. The minimum atomic E-state index is 0.680. The van der Waals surface area contributed by atoms with Crippen LogP contribution in [0.2, 0.25) is 0 Å². The van der Waals surface area contributed by atoms with E-state index in [1.165, 1.54) is 10.4 Å². The highest BCUT2D eigenvalue weighted by atomic mass is 32.1. The number of benzene rings is 1. The van der Waals surface area contributed by atoms with Gasteiger partial charge in [0.25, 0.3) is 0 Å². The molecule has 3 aromatic rings. The van der Waals surface area contributed by atoms with Crippen LogP contribution in [0.25, 0.3) is 10.9 Å². The Kier molecular flexibility index (Phi) is 3.00. The van der Waals surface area contributed by atoms with Crippen molar-refractivity contribution in [3.63, 3.8) is 0 Å². The summed E-state index contributed by atoms with van der Waals surface area (Å²) in [6.07, 6.45) is 1.10. The molecule has 0 amide bonds. The van der Waals surface area contributed by atoms with Crippen LogP contribution in [0.3, 0.4) is 0 Å². The maximum absolute atomic E-state index is 4.71. The van der Waals surface area contributed by atoms with Gasteiger partial charge >= 0.3 is 0 Å². The fourth-order valence-electron chi connectivity index (χ4n) is 2.84. The maximum Gasteiger partial charge on any atom is 0.224 e. The summed E-state index contributed by atoms with van der Waals surface area (Å²) >= 11 is 1.86. The van der Waals surface area contributed by atoms with E-state index in [2.05, 4.69) is 32.7 Å². The maximum atomic E-state index is 4.71. The third-order valence-corrected chi connectivity index (χ3v) is 4.94. The van der Waals surface area contributed by atoms with Gasteiger partial charge in [-0.25, -0.2) is 4.98 Å². The van der Waals surface area contributed by atoms with Crippen LogP contribution in [-0.2, 0) is 13.0 Å². The van der Waals surface area contributed by atoms with E-state index < -0.39 is 0 Å². The number of nitrogens with one attached hydrogen (secondary N) is 1. The van der Waals surface area contributed by atoms with E-state index >= 15 is 0 Å². The molecule has 1 aliphatic rings. The van der Waals surface area contributed by atoms with Crippen molar-refractivity contribution in [2.24, 2.45) is 0 Å². The number of anilines is 2. The molecule has 1 N–H and O–H groups in total. The van der Waals surface area contributed by atoms with Gasteiger partial charge in [-0.05, 0) is 35.6 Å². The molecule has 1 aromatic carbocycles. The van der Waals surface area contributed by atoms with Crippen LogP contribution in [-0.4, -0.2) is 23.6 Å². The second kappa shape index (κ2) is 5.00. The molecule has 106 valence electrons. The Morgan fingerprint density at radius 1 is 1.19 bits per heavy atom. The number of rotatable bonds is 2. The smallest absolute Gasteiger partial charge is 0.224 e. The first-order valence-corrected chi connectivity index (χ1v) is 7.98. The lowest BCUT2D eigenvalue weighted by Gasteiger charge is -2.29. The zero-order chi connectivity index (χ0) is 14.2. The summed E-state index contributed by atoms with van der Waals surface area (Å²) in [5.74, 6) is 1.71. The molecular weight excluding hydrogens is 280 g/mol. The first kappa shape index (κ1) is 12.6. The van der Waals surface area contributed by atoms with E-state index in [4.69, 9.17) is 4.98 Å². The van der Waals surface area contributed by atoms with Gasteiger partial charge in [0.2, 0.25) is 5.95 Å². The lowest BCUT2D eigenvalue weighted by atomic mass is 10.1. The Morgan fingerprint density at radius 2 is 2.10 bits per heavy atom. The van der Waals surface area contributed by atoms with E-state index in [0.29, 0.717) is 5.95 Å². The van der Waals surface area contributed by atoms with E-state index in [-0.39, 0.29) is 0 Å². The molecule has 0 saturated carbocycles. The zero-order valence-corrected chi connectivity index (χ0v) is 12.7. The molecule has 0 atom stereocenters. The second-order valence-electron chi connectivity index (χ2n) is 5.18. The molecule has 0 fully saturated rings. The first-order valence-electron chi connectivity index (χ1n) is 7.10. The number of nitrogens with zero attached hydrogens (tertiary/aromatic N) is 3. The normalized spacial score (nSPS) is 14.2. The highest BCUT2D eigenvalue weighted by Crippen LogP contribution is 2.31. The van der Waals surface area contributed by atoms with Gasteiger partial charge < -0.3 is 10.2 Å². The Labute approximate surface area is 127 Å². The zero-order valence-electron chi connectivity index (χ0n) is 11.8. The lowest BCUT2D eigenvalue weighted by Crippen LogP contribution is -2.30. The van der Waals surface area contributed by atoms with Gasteiger partial charge in [0, 0.05) is 30.4 Å². The second-order valence-corrected chi connectivity index (χ2v) is 6.18. The van der Waals surface area contributed by atoms with Crippen LogP contribution < -0.4 is 10.2 Å². The van der Waals surface area contributed by atoms with Crippen molar-refractivity contribution in [3.05, 3.63) is 46.2 Å². The molecule has 0 saturated heterocycles. The summed E-state index contributed by atoms with van der Waals surface area (Å²) in [6.45, 7) is 1.95. The number of thiophene rings is 1. The standard InChI is InChI=1S/C16H16N4S/c1-17-16-18-13-5-3-2-4-12(13)15(19-16)20-8-6-14-11(10-20)7-9-21-14/h2-5,7,9H,6,8,10H2,1H3,(H,17,18,19). The minimum Gasteiger partial charge on any atom is -0.357 e. The molecule has 4 rings (SSSR count). The quantitative estimate of drug-likeness (QED) is 0.788. The van der Waals surface area contributed by atoms with E-state index in [1.807, 2.05) is 36.6 Å². The largest absolute Gasteiger partial charge is 0.357 e. The molecule has 21 heavy (non-hydrogen) atoms. The SMILES string of the molecule is CNc1nc(N2CCc3sccc3C2)c2ccccc2n1. The molecule has 1 aliphatic heterocycles. The average molecular weight is 296 g/mol. The van der Waals surface area contributed by atoms with Gasteiger partial charge in [-0.1, -0.05) is 12.1 Å². The highest BCUT2D eigenvalue weighted by molar-refractivity contribution is 7.10. The number of para-hydroxylation sites is 1. The monoisotopic (exact) mass is 296 g/mol. The lowest BCUT2D eigenvalue weighted by molar-refractivity contribution is 0.735. The van der Waals surface area contributed by atoms with Gasteiger partial charge in [-0.2, -0.15) is 4.98 Å². The van der Waals surface area contributed by atoms with E-state index in [0.717, 1.165) is 36.2 Å². The average Bonchev–Trinajstić information content (AvgIpc) is 3.01. The summed E-state index contributed by atoms with van der Waals surface area (Å²) in [4.78, 5) is 13.1. The predicted octanol–water partition coefficient (Wildman–Crippen LogP) is 3.30. The van der Waals surface area contributed by atoms with Gasteiger partial charge in [0.15, 0.2) is 0 Å². The van der Waals surface area contributed by atoms with Gasteiger partial charge in [0.05, 0.1) is 5.52 Å². The molecule has 2 aromatic heterocycles. The van der Waals surface area contributed by atoms with Gasteiger partial charge in [0.1, 0.15) is 5.82 Å². The third kappa shape index (κ3) is 2.14.